The quantitative estimate of drug-likeness (QED) is 0.350. The maximum atomic E-state index is 12.5. The van der Waals surface area contributed by atoms with Gasteiger partial charge in [-0.05, 0) is 19.9 Å². The van der Waals surface area contributed by atoms with Crippen LogP contribution in [0, 0.1) is 17.0 Å². The van der Waals surface area contributed by atoms with Crippen molar-refractivity contribution in [2.75, 3.05) is 45.2 Å². The van der Waals surface area contributed by atoms with Crippen molar-refractivity contribution in [1.82, 2.24) is 19.9 Å². The van der Waals surface area contributed by atoms with Gasteiger partial charge in [0, 0.05) is 50.8 Å². The number of methoxy groups -OCH3 is 1. The number of nitro groups is 1. The number of ether oxygens (including phenoxy) is 1. The fourth-order valence-corrected chi connectivity index (χ4v) is 4.12. The molecule has 1 aliphatic heterocycles. The number of rotatable bonds is 9. The second-order valence-electron chi connectivity index (χ2n) is 8.82. The van der Waals surface area contributed by atoms with Gasteiger partial charge in [0.15, 0.2) is 0 Å². The van der Waals surface area contributed by atoms with Crippen LogP contribution in [0.2, 0.25) is 0 Å². The van der Waals surface area contributed by atoms with Gasteiger partial charge in [-0.1, -0.05) is 35.0 Å². The molecular formula is C25H30N6O5. The first-order valence-corrected chi connectivity index (χ1v) is 11.8. The zero-order chi connectivity index (χ0) is 25.7. The average Bonchev–Trinajstić information content (AvgIpc) is 3.38. The monoisotopic (exact) mass is 494 g/mol. The first-order valence-electron chi connectivity index (χ1n) is 11.8. The minimum atomic E-state index is -0.504. The zero-order valence-corrected chi connectivity index (χ0v) is 20.6. The number of amides is 1. The van der Waals surface area contributed by atoms with Crippen LogP contribution in [0.15, 0.2) is 47.0 Å². The molecule has 1 atom stereocenters. The Bertz CT molecular complexity index is 1200. The SMILES string of the molecule is COc1cc([N+](=O)[O-])ccc1NC(=O)CCN1CCN(C(C)c2nc(-c3ccc(C)cc3)no2)CC1. The lowest BCUT2D eigenvalue weighted by Gasteiger charge is -2.36. The minimum absolute atomic E-state index is 0.00301. The van der Waals surface area contributed by atoms with E-state index in [-0.39, 0.29) is 23.4 Å². The Morgan fingerprint density at radius 1 is 1.19 bits per heavy atom. The number of benzene rings is 2. The second-order valence-corrected chi connectivity index (χ2v) is 8.82. The van der Waals surface area contributed by atoms with E-state index in [1.54, 1.807) is 0 Å². The molecule has 11 nitrogen and oxygen atoms in total. The summed E-state index contributed by atoms with van der Waals surface area (Å²) in [6.07, 6.45) is 0.305. The molecule has 0 saturated carbocycles. The van der Waals surface area contributed by atoms with Crippen LogP contribution in [0.4, 0.5) is 11.4 Å². The van der Waals surface area contributed by atoms with Gasteiger partial charge < -0.3 is 19.5 Å². The van der Waals surface area contributed by atoms with Crippen LogP contribution < -0.4 is 10.1 Å². The standard InChI is InChI=1S/C25H30N6O5/c1-17-4-6-19(7-5-17)24-27-25(36-28-24)18(2)30-14-12-29(13-15-30)11-10-23(32)26-21-9-8-20(31(33)34)16-22(21)35-3/h4-9,16,18H,10-15H2,1-3H3,(H,26,32). The van der Waals surface area contributed by atoms with Gasteiger partial charge in [0.05, 0.1) is 29.8 Å². The Hall–Kier alpha value is -3.83. The highest BCUT2D eigenvalue weighted by atomic mass is 16.6. The number of hydrogen-bond acceptors (Lipinski definition) is 9. The van der Waals surface area contributed by atoms with E-state index < -0.39 is 4.92 Å². The van der Waals surface area contributed by atoms with Crippen LogP contribution in [-0.2, 0) is 4.79 Å². The van der Waals surface area contributed by atoms with Crippen LogP contribution in [0.3, 0.4) is 0 Å². The van der Waals surface area contributed by atoms with Crippen molar-refractivity contribution >= 4 is 17.3 Å². The van der Waals surface area contributed by atoms with Gasteiger partial charge >= 0.3 is 0 Å². The van der Waals surface area contributed by atoms with Crippen LogP contribution in [0.5, 0.6) is 5.75 Å². The fraction of sp³-hybridized carbons (Fsp3) is 0.400. The maximum absolute atomic E-state index is 12.5. The lowest BCUT2D eigenvalue weighted by atomic mass is 10.1. The van der Waals surface area contributed by atoms with E-state index in [0.29, 0.717) is 30.4 Å². The van der Waals surface area contributed by atoms with E-state index in [0.717, 1.165) is 31.7 Å². The number of nitro benzene ring substituents is 1. The number of aromatic nitrogens is 2. The molecule has 36 heavy (non-hydrogen) atoms. The molecular weight excluding hydrogens is 464 g/mol. The zero-order valence-electron chi connectivity index (χ0n) is 20.6. The van der Waals surface area contributed by atoms with E-state index in [9.17, 15) is 14.9 Å². The van der Waals surface area contributed by atoms with E-state index in [1.807, 2.05) is 31.2 Å². The number of nitrogens with one attached hydrogen (secondary N) is 1. The number of carbonyl (C=O) groups excluding carboxylic acids is 1. The molecule has 0 radical (unpaired) electrons. The lowest BCUT2D eigenvalue weighted by Crippen LogP contribution is -2.47. The summed E-state index contributed by atoms with van der Waals surface area (Å²) >= 11 is 0. The van der Waals surface area contributed by atoms with E-state index in [2.05, 4.69) is 32.2 Å². The van der Waals surface area contributed by atoms with Crippen LogP contribution in [0.1, 0.15) is 30.8 Å². The third-order valence-electron chi connectivity index (χ3n) is 6.39. The number of anilines is 1. The summed E-state index contributed by atoms with van der Waals surface area (Å²) in [6.45, 7) is 7.99. The predicted molar refractivity (Wildman–Crippen MR) is 134 cm³/mol. The molecule has 1 aliphatic rings. The molecule has 11 heteroatoms. The molecule has 190 valence electrons. The van der Waals surface area contributed by atoms with Crippen molar-refractivity contribution in [2.24, 2.45) is 0 Å². The van der Waals surface area contributed by atoms with Gasteiger partial charge in [-0.2, -0.15) is 4.98 Å². The van der Waals surface area contributed by atoms with E-state index in [4.69, 9.17) is 9.26 Å². The van der Waals surface area contributed by atoms with Crippen molar-refractivity contribution in [2.45, 2.75) is 26.3 Å². The molecule has 2 aromatic carbocycles. The van der Waals surface area contributed by atoms with Crippen molar-refractivity contribution in [3.63, 3.8) is 0 Å². The molecule has 1 aromatic heterocycles. The lowest BCUT2D eigenvalue weighted by molar-refractivity contribution is -0.384. The van der Waals surface area contributed by atoms with Gasteiger partial charge in [-0.3, -0.25) is 19.8 Å². The summed E-state index contributed by atoms with van der Waals surface area (Å²) in [4.78, 5) is 32.0. The minimum Gasteiger partial charge on any atom is -0.494 e. The highest BCUT2D eigenvalue weighted by molar-refractivity contribution is 5.92. The Balaban J connectivity index is 1.24. The van der Waals surface area contributed by atoms with Crippen LogP contribution in [0.25, 0.3) is 11.4 Å². The Morgan fingerprint density at radius 3 is 2.58 bits per heavy atom. The summed E-state index contributed by atoms with van der Waals surface area (Å²) in [6, 6.07) is 12.1. The summed E-state index contributed by atoms with van der Waals surface area (Å²) < 4.78 is 10.7. The molecule has 2 heterocycles. The molecule has 1 N–H and O–H groups in total. The molecule has 0 bridgehead atoms. The number of aryl methyl sites for hydroxylation is 1. The Morgan fingerprint density at radius 2 is 1.92 bits per heavy atom. The molecule has 0 spiro atoms. The van der Waals surface area contributed by atoms with Crippen molar-refractivity contribution in [3.05, 3.63) is 64.0 Å². The summed E-state index contributed by atoms with van der Waals surface area (Å²) in [5.41, 5.74) is 2.43. The third-order valence-corrected chi connectivity index (χ3v) is 6.39. The number of carbonyl (C=O) groups is 1. The van der Waals surface area contributed by atoms with Gasteiger partial charge in [-0.15, -0.1) is 0 Å². The molecule has 1 fully saturated rings. The topological polar surface area (TPSA) is 127 Å². The van der Waals surface area contributed by atoms with Crippen molar-refractivity contribution in [3.8, 4) is 17.1 Å². The van der Waals surface area contributed by atoms with Gasteiger partial charge in [0.2, 0.25) is 17.6 Å². The average molecular weight is 495 g/mol. The number of non-ortho nitro benzene ring substituents is 1. The van der Waals surface area contributed by atoms with Crippen LogP contribution >= 0.6 is 0 Å². The fourth-order valence-electron chi connectivity index (χ4n) is 4.12. The Kier molecular flexibility index (Phi) is 7.91. The van der Waals surface area contributed by atoms with Crippen molar-refractivity contribution < 1.29 is 19.0 Å². The molecule has 4 rings (SSSR count). The van der Waals surface area contributed by atoms with Crippen LogP contribution in [-0.4, -0.2) is 70.6 Å². The molecule has 0 aliphatic carbocycles. The van der Waals surface area contributed by atoms with Gasteiger partial charge in [-0.25, -0.2) is 0 Å². The first-order chi connectivity index (χ1) is 17.3. The summed E-state index contributed by atoms with van der Waals surface area (Å²) in [5, 5.41) is 17.9. The summed E-state index contributed by atoms with van der Waals surface area (Å²) in [5.74, 6) is 1.26. The van der Waals surface area contributed by atoms with E-state index in [1.165, 1.54) is 30.9 Å². The van der Waals surface area contributed by atoms with Gasteiger partial charge in [0.1, 0.15) is 5.75 Å². The number of piperazine rings is 1. The second kappa shape index (κ2) is 11.3. The first kappa shape index (κ1) is 25.3. The number of nitrogens with zero attached hydrogens (tertiary/aromatic N) is 5. The van der Waals surface area contributed by atoms with Gasteiger partial charge in [0.25, 0.3) is 5.69 Å². The maximum Gasteiger partial charge on any atom is 0.273 e. The Labute approximate surface area is 209 Å². The molecule has 1 unspecified atom stereocenters. The molecule has 1 amide bonds. The van der Waals surface area contributed by atoms with Crippen molar-refractivity contribution in [1.29, 1.82) is 0 Å². The highest BCUT2D eigenvalue weighted by Gasteiger charge is 2.26. The molecule has 1 saturated heterocycles. The third kappa shape index (κ3) is 6.04. The van der Waals surface area contributed by atoms with E-state index >= 15 is 0 Å². The smallest absolute Gasteiger partial charge is 0.273 e. The largest absolute Gasteiger partial charge is 0.494 e. The summed E-state index contributed by atoms with van der Waals surface area (Å²) in [7, 11) is 1.41. The normalized spacial score (nSPS) is 15.4. The molecule has 3 aromatic rings. The highest BCUT2D eigenvalue weighted by Crippen LogP contribution is 2.29. The number of hydrogen-bond donors (Lipinski definition) is 1. The predicted octanol–water partition coefficient (Wildman–Crippen LogP) is 3.67.